The van der Waals surface area contributed by atoms with E-state index in [4.69, 9.17) is 0 Å². The van der Waals surface area contributed by atoms with E-state index in [0.717, 1.165) is 42.8 Å². The predicted molar refractivity (Wildman–Crippen MR) is 92.2 cm³/mol. The lowest BCUT2D eigenvalue weighted by molar-refractivity contribution is 0.629. The molecule has 0 amide bonds. The van der Waals surface area contributed by atoms with Crippen molar-refractivity contribution in [2.75, 3.05) is 23.7 Å². The molecule has 0 bridgehead atoms. The van der Waals surface area contributed by atoms with Crippen LogP contribution in [0.25, 0.3) is 10.9 Å². The molecule has 0 aliphatic rings. The summed E-state index contributed by atoms with van der Waals surface area (Å²) < 4.78 is 13.2. The summed E-state index contributed by atoms with van der Waals surface area (Å²) in [6, 6.07) is 12.4. The van der Waals surface area contributed by atoms with E-state index in [-0.39, 0.29) is 5.82 Å². The smallest absolute Gasteiger partial charge is 0.125 e. The van der Waals surface area contributed by atoms with Crippen LogP contribution < -0.4 is 10.6 Å². The Morgan fingerprint density at radius 1 is 0.870 bits per heavy atom. The molecule has 0 saturated carbocycles. The third-order valence-electron chi connectivity index (χ3n) is 3.59. The normalized spacial score (nSPS) is 10.7. The van der Waals surface area contributed by atoms with Crippen molar-refractivity contribution in [3.63, 3.8) is 0 Å². The van der Waals surface area contributed by atoms with E-state index in [1.54, 1.807) is 18.5 Å². The zero-order valence-electron chi connectivity index (χ0n) is 12.8. The van der Waals surface area contributed by atoms with E-state index in [2.05, 4.69) is 20.6 Å². The van der Waals surface area contributed by atoms with Gasteiger partial charge in [-0.3, -0.25) is 4.98 Å². The van der Waals surface area contributed by atoms with Crippen LogP contribution in [-0.2, 0) is 0 Å². The Labute approximate surface area is 134 Å². The maximum Gasteiger partial charge on any atom is 0.125 e. The Balaban J connectivity index is 1.46. The summed E-state index contributed by atoms with van der Waals surface area (Å²) in [5, 5.41) is 7.63. The van der Waals surface area contributed by atoms with E-state index < -0.39 is 0 Å². The van der Waals surface area contributed by atoms with Gasteiger partial charge in [-0.1, -0.05) is 6.07 Å². The molecule has 4 nitrogen and oxygen atoms in total. The van der Waals surface area contributed by atoms with Crippen molar-refractivity contribution in [1.29, 1.82) is 0 Å². The molecule has 23 heavy (non-hydrogen) atoms. The van der Waals surface area contributed by atoms with Crippen molar-refractivity contribution in [3.05, 3.63) is 60.7 Å². The van der Waals surface area contributed by atoms with Crippen LogP contribution in [0.15, 0.2) is 54.9 Å². The van der Waals surface area contributed by atoms with E-state index >= 15 is 0 Å². The van der Waals surface area contributed by atoms with Gasteiger partial charge in [0.15, 0.2) is 0 Å². The summed E-state index contributed by atoms with van der Waals surface area (Å²) in [5.74, 6) is 0.644. The van der Waals surface area contributed by atoms with Crippen molar-refractivity contribution in [2.45, 2.75) is 12.8 Å². The molecule has 0 atom stereocenters. The van der Waals surface area contributed by atoms with E-state index in [1.807, 2.05) is 24.3 Å². The quantitative estimate of drug-likeness (QED) is 0.646. The minimum atomic E-state index is -0.261. The molecule has 3 rings (SSSR count). The highest BCUT2D eigenvalue weighted by molar-refractivity contribution is 5.90. The van der Waals surface area contributed by atoms with Crippen molar-refractivity contribution in [3.8, 4) is 0 Å². The Bertz CT molecular complexity index is 761. The number of hydrogen-bond donors (Lipinski definition) is 2. The summed E-state index contributed by atoms with van der Waals surface area (Å²) in [5.41, 5.74) is 1.67. The lowest BCUT2D eigenvalue weighted by atomic mass is 10.2. The molecule has 0 spiro atoms. The summed E-state index contributed by atoms with van der Waals surface area (Å²) in [7, 11) is 0. The van der Waals surface area contributed by atoms with Gasteiger partial charge < -0.3 is 10.6 Å². The maximum atomic E-state index is 13.2. The standard InChI is InChI=1S/C18H19FN4/c19-14-6-7-15-16(8-12-21-17(15)13-14)20-9-3-4-11-23-18-5-1-2-10-22-18/h1-2,5-8,10,12-13H,3-4,9,11H2,(H,20,21)(H,22,23). The van der Waals surface area contributed by atoms with Crippen molar-refractivity contribution < 1.29 is 4.39 Å². The van der Waals surface area contributed by atoms with E-state index in [9.17, 15) is 4.39 Å². The molecule has 5 heteroatoms. The van der Waals surface area contributed by atoms with Crippen LogP contribution in [-0.4, -0.2) is 23.1 Å². The van der Waals surface area contributed by atoms with Crippen LogP contribution in [0.1, 0.15) is 12.8 Å². The second-order valence-electron chi connectivity index (χ2n) is 5.30. The van der Waals surface area contributed by atoms with Gasteiger partial charge in [-0.25, -0.2) is 9.37 Å². The number of aromatic nitrogens is 2. The molecular formula is C18H19FN4. The molecule has 0 fully saturated rings. The monoisotopic (exact) mass is 310 g/mol. The third-order valence-corrected chi connectivity index (χ3v) is 3.59. The fourth-order valence-electron chi connectivity index (χ4n) is 2.43. The second kappa shape index (κ2) is 7.54. The average Bonchev–Trinajstić information content (AvgIpc) is 2.58. The molecule has 2 heterocycles. The Hall–Kier alpha value is -2.69. The van der Waals surface area contributed by atoms with E-state index in [0.29, 0.717) is 5.52 Å². The largest absolute Gasteiger partial charge is 0.384 e. The minimum Gasteiger partial charge on any atom is -0.384 e. The maximum absolute atomic E-state index is 13.2. The van der Waals surface area contributed by atoms with Crippen LogP contribution in [0.5, 0.6) is 0 Å². The molecule has 2 N–H and O–H groups in total. The first-order valence-corrected chi connectivity index (χ1v) is 7.76. The Morgan fingerprint density at radius 2 is 1.74 bits per heavy atom. The SMILES string of the molecule is Fc1ccc2c(NCCCCNc3ccccn3)ccnc2c1. The van der Waals surface area contributed by atoms with Crippen LogP contribution in [0.4, 0.5) is 15.9 Å². The number of nitrogens with zero attached hydrogens (tertiary/aromatic N) is 2. The number of fused-ring (bicyclic) bond motifs is 1. The molecule has 2 aromatic heterocycles. The number of rotatable bonds is 7. The summed E-state index contributed by atoms with van der Waals surface area (Å²) >= 11 is 0. The van der Waals surface area contributed by atoms with Gasteiger partial charge in [-0.05, 0) is 43.2 Å². The van der Waals surface area contributed by atoms with Gasteiger partial charge in [0.2, 0.25) is 0 Å². The minimum absolute atomic E-state index is 0.261. The first-order valence-electron chi connectivity index (χ1n) is 7.76. The highest BCUT2D eigenvalue weighted by atomic mass is 19.1. The van der Waals surface area contributed by atoms with Gasteiger partial charge in [0, 0.05) is 42.6 Å². The highest BCUT2D eigenvalue weighted by Gasteiger charge is 2.02. The molecule has 0 unspecified atom stereocenters. The molecule has 3 aromatic rings. The lowest BCUT2D eigenvalue weighted by Crippen LogP contribution is -2.07. The molecular weight excluding hydrogens is 291 g/mol. The lowest BCUT2D eigenvalue weighted by Gasteiger charge is -2.10. The van der Waals surface area contributed by atoms with Gasteiger partial charge in [0.1, 0.15) is 11.6 Å². The highest BCUT2D eigenvalue weighted by Crippen LogP contribution is 2.22. The van der Waals surface area contributed by atoms with Crippen molar-refractivity contribution in [2.24, 2.45) is 0 Å². The molecule has 0 saturated heterocycles. The third kappa shape index (κ3) is 4.16. The summed E-state index contributed by atoms with van der Waals surface area (Å²) in [4.78, 5) is 8.42. The zero-order chi connectivity index (χ0) is 15.9. The number of anilines is 2. The first-order chi connectivity index (χ1) is 11.3. The van der Waals surface area contributed by atoms with Gasteiger partial charge >= 0.3 is 0 Å². The van der Waals surface area contributed by atoms with Gasteiger partial charge in [0.25, 0.3) is 0 Å². The number of pyridine rings is 2. The molecule has 0 aliphatic carbocycles. The number of benzene rings is 1. The van der Waals surface area contributed by atoms with Crippen LogP contribution in [0.3, 0.4) is 0 Å². The van der Waals surface area contributed by atoms with Gasteiger partial charge in [-0.2, -0.15) is 0 Å². The topological polar surface area (TPSA) is 49.8 Å². The summed E-state index contributed by atoms with van der Waals surface area (Å²) in [6.07, 6.45) is 5.56. The average molecular weight is 310 g/mol. The summed E-state index contributed by atoms with van der Waals surface area (Å²) in [6.45, 7) is 1.75. The first kappa shape index (κ1) is 15.2. The Kier molecular flexibility index (Phi) is 4.99. The van der Waals surface area contributed by atoms with Crippen molar-refractivity contribution in [1.82, 2.24) is 9.97 Å². The number of nitrogens with one attached hydrogen (secondary N) is 2. The Morgan fingerprint density at radius 3 is 2.57 bits per heavy atom. The molecule has 0 radical (unpaired) electrons. The van der Waals surface area contributed by atoms with Crippen LogP contribution >= 0.6 is 0 Å². The zero-order valence-corrected chi connectivity index (χ0v) is 12.8. The fourth-order valence-corrected chi connectivity index (χ4v) is 2.43. The molecule has 1 aromatic carbocycles. The number of unbranched alkanes of at least 4 members (excludes halogenated alkanes) is 1. The number of hydrogen-bond acceptors (Lipinski definition) is 4. The van der Waals surface area contributed by atoms with Gasteiger partial charge in [0.05, 0.1) is 5.52 Å². The van der Waals surface area contributed by atoms with Crippen molar-refractivity contribution >= 4 is 22.4 Å². The number of halogens is 1. The van der Waals surface area contributed by atoms with Crippen LogP contribution in [0, 0.1) is 5.82 Å². The predicted octanol–water partition coefficient (Wildman–Crippen LogP) is 4.07. The van der Waals surface area contributed by atoms with E-state index in [1.165, 1.54) is 12.1 Å². The van der Waals surface area contributed by atoms with Gasteiger partial charge in [-0.15, -0.1) is 0 Å². The molecule has 118 valence electrons. The second-order valence-corrected chi connectivity index (χ2v) is 5.30. The molecule has 0 aliphatic heterocycles. The fraction of sp³-hybridized carbons (Fsp3) is 0.222. The van der Waals surface area contributed by atoms with Crippen LogP contribution in [0.2, 0.25) is 0 Å².